The number of H-pyrrole nitrogens is 1. The fourth-order valence-electron chi connectivity index (χ4n) is 2.39. The monoisotopic (exact) mass is 434 g/mol. The van der Waals surface area contributed by atoms with Crippen molar-refractivity contribution in [2.45, 2.75) is 38.9 Å². The van der Waals surface area contributed by atoms with Crippen LogP contribution in [0.25, 0.3) is 0 Å². The van der Waals surface area contributed by atoms with Gasteiger partial charge < -0.3 is 20.4 Å². The predicted octanol–water partition coefficient (Wildman–Crippen LogP) is 3.74. The quantitative estimate of drug-likeness (QED) is 0.579. The lowest BCUT2D eigenvalue weighted by Crippen LogP contribution is -2.41. The Hall–Kier alpha value is -3.18. The molecular formula is C18H19F5N4O3. The first kappa shape index (κ1) is 23.1. The average Bonchev–Trinajstić information content (AvgIpc) is 3.07. The van der Waals surface area contributed by atoms with Crippen molar-refractivity contribution in [3.63, 3.8) is 0 Å². The molecule has 30 heavy (non-hydrogen) atoms. The van der Waals surface area contributed by atoms with Gasteiger partial charge in [0.05, 0.1) is 6.04 Å². The minimum Gasteiger partial charge on any atom is -0.472 e. The molecule has 0 radical (unpaired) electrons. The van der Waals surface area contributed by atoms with Crippen LogP contribution < -0.4 is 15.4 Å². The van der Waals surface area contributed by atoms with Crippen molar-refractivity contribution < 1.29 is 36.3 Å². The molecule has 0 aromatic carbocycles. The Morgan fingerprint density at radius 3 is 2.47 bits per heavy atom. The van der Waals surface area contributed by atoms with Crippen molar-refractivity contribution in [1.29, 1.82) is 0 Å². The number of pyridine rings is 1. The van der Waals surface area contributed by atoms with Gasteiger partial charge in [0.2, 0.25) is 5.91 Å². The van der Waals surface area contributed by atoms with Crippen LogP contribution in [0.1, 0.15) is 41.6 Å². The topological polar surface area (TPSA) is 96.1 Å². The van der Waals surface area contributed by atoms with Gasteiger partial charge in [0.15, 0.2) is 12.5 Å². The number of aromatic amines is 1. The zero-order chi connectivity index (χ0) is 22.7. The van der Waals surface area contributed by atoms with Gasteiger partial charge in [-0.2, -0.15) is 22.0 Å². The van der Waals surface area contributed by atoms with E-state index in [4.69, 9.17) is 0 Å². The highest BCUT2D eigenvalue weighted by Gasteiger charge is 2.58. The Bertz CT molecular complexity index is 927. The summed E-state index contributed by atoms with van der Waals surface area (Å²) >= 11 is 0. The molecule has 2 rings (SSSR count). The van der Waals surface area contributed by atoms with Crippen molar-refractivity contribution >= 4 is 17.6 Å². The maximum atomic E-state index is 12.9. The number of nitrogens with zero attached hydrogens (tertiary/aromatic N) is 1. The molecule has 1 unspecified atom stereocenters. The number of aromatic nitrogens is 2. The number of carbonyl (C=O) groups excluding carboxylic acids is 2. The second-order valence-electron chi connectivity index (χ2n) is 6.53. The van der Waals surface area contributed by atoms with Gasteiger partial charge in [-0.3, -0.25) is 9.59 Å². The zero-order valence-electron chi connectivity index (χ0n) is 16.2. The molecule has 0 aliphatic heterocycles. The molecule has 0 spiro atoms. The van der Waals surface area contributed by atoms with Crippen LogP contribution >= 0.6 is 0 Å². The first-order valence-corrected chi connectivity index (χ1v) is 8.62. The van der Waals surface area contributed by atoms with Gasteiger partial charge in [-0.15, -0.1) is 0 Å². The third-order valence-electron chi connectivity index (χ3n) is 3.85. The summed E-state index contributed by atoms with van der Waals surface area (Å²) in [6, 6.07) is 4.98. The molecule has 2 heterocycles. The molecule has 0 bridgehead atoms. The molecule has 12 heteroatoms. The lowest BCUT2D eigenvalue weighted by Gasteiger charge is -2.19. The van der Waals surface area contributed by atoms with E-state index in [9.17, 15) is 31.5 Å². The molecule has 3 N–H and O–H groups in total. The number of nitrogens with one attached hydrogen (secondary N) is 3. The summed E-state index contributed by atoms with van der Waals surface area (Å²) in [5.74, 6) is -6.09. The van der Waals surface area contributed by atoms with Crippen molar-refractivity contribution in [2.75, 3.05) is 11.9 Å². The van der Waals surface area contributed by atoms with E-state index in [0.717, 1.165) is 6.07 Å². The average molecular weight is 434 g/mol. The van der Waals surface area contributed by atoms with Gasteiger partial charge >= 0.3 is 12.1 Å². The smallest absolute Gasteiger partial charge is 0.456 e. The van der Waals surface area contributed by atoms with Gasteiger partial charge in [-0.05, 0) is 37.6 Å². The number of rotatable bonds is 7. The molecular weight excluding hydrogens is 415 g/mol. The molecule has 0 aliphatic rings. The Morgan fingerprint density at radius 1 is 1.20 bits per heavy atom. The highest BCUT2D eigenvalue weighted by molar-refractivity contribution is 5.93. The van der Waals surface area contributed by atoms with Crippen LogP contribution in [-0.4, -0.2) is 40.5 Å². The predicted molar refractivity (Wildman–Crippen MR) is 96.4 cm³/mol. The Morgan fingerprint density at radius 2 is 1.87 bits per heavy atom. The van der Waals surface area contributed by atoms with Crippen LogP contribution in [0, 0.1) is 6.92 Å². The van der Waals surface area contributed by atoms with Crippen molar-refractivity contribution in [3.05, 3.63) is 41.2 Å². The number of halogens is 5. The molecule has 0 saturated heterocycles. The van der Waals surface area contributed by atoms with Crippen LogP contribution in [0.3, 0.4) is 0 Å². The summed E-state index contributed by atoms with van der Waals surface area (Å²) in [6.07, 6.45) is -5.74. The number of hydrogen-bond donors (Lipinski definition) is 3. The Labute approximate surface area is 168 Å². The van der Waals surface area contributed by atoms with E-state index in [2.05, 4.69) is 25.3 Å². The molecule has 164 valence electrons. The maximum Gasteiger partial charge on any atom is 0.456 e. The van der Waals surface area contributed by atoms with Gasteiger partial charge in [0, 0.05) is 18.7 Å². The number of alkyl halides is 5. The fraction of sp³-hybridized carbons (Fsp3) is 0.389. The standard InChI is InChI=1S/C18H19F5N4O3/c1-9-6-12(7-14(24-9)26-11(3)28)10(2)25-16(29)13-4-5-15(27-13)30-8-17(19,20)18(21,22)23/h4-7,10,27H,8H2,1-3H3,(H,25,29)(H,24,26,28). The number of ether oxygens (including phenoxy) is 1. The van der Waals surface area contributed by atoms with E-state index in [1.807, 2.05) is 0 Å². The molecule has 7 nitrogen and oxygen atoms in total. The van der Waals surface area contributed by atoms with Gasteiger partial charge in [-0.25, -0.2) is 4.98 Å². The molecule has 0 saturated carbocycles. The van der Waals surface area contributed by atoms with Gasteiger partial charge in [0.25, 0.3) is 5.91 Å². The summed E-state index contributed by atoms with van der Waals surface area (Å²) < 4.78 is 66.8. The number of anilines is 1. The largest absolute Gasteiger partial charge is 0.472 e. The number of amides is 2. The van der Waals surface area contributed by atoms with E-state index >= 15 is 0 Å². The minimum absolute atomic E-state index is 0.0972. The first-order chi connectivity index (χ1) is 13.8. The van der Waals surface area contributed by atoms with E-state index in [-0.39, 0.29) is 11.6 Å². The SMILES string of the molecule is CC(=O)Nc1cc(C(C)NC(=O)c2ccc(OCC(F)(F)C(F)(F)F)[nH]2)cc(C)n1. The van der Waals surface area contributed by atoms with Crippen molar-refractivity contribution in [3.8, 4) is 5.88 Å². The third kappa shape index (κ3) is 5.91. The van der Waals surface area contributed by atoms with Crippen LogP contribution in [-0.2, 0) is 4.79 Å². The van der Waals surface area contributed by atoms with Crippen LogP contribution in [0.2, 0.25) is 0 Å². The van der Waals surface area contributed by atoms with Crippen LogP contribution in [0.5, 0.6) is 5.88 Å². The van der Waals surface area contributed by atoms with Crippen LogP contribution in [0.4, 0.5) is 27.8 Å². The molecule has 2 amide bonds. The lowest BCUT2D eigenvalue weighted by atomic mass is 10.1. The summed E-state index contributed by atoms with van der Waals surface area (Å²) in [5.41, 5.74) is 1.13. The molecule has 2 aromatic rings. The highest BCUT2D eigenvalue weighted by atomic mass is 19.4. The molecule has 2 aromatic heterocycles. The third-order valence-corrected chi connectivity index (χ3v) is 3.85. The van der Waals surface area contributed by atoms with Gasteiger partial charge in [0.1, 0.15) is 11.5 Å². The Balaban J connectivity index is 2.03. The second kappa shape index (κ2) is 8.67. The number of carbonyl (C=O) groups is 2. The molecule has 0 fully saturated rings. The summed E-state index contributed by atoms with van der Waals surface area (Å²) in [5, 5.41) is 5.17. The van der Waals surface area contributed by atoms with Crippen molar-refractivity contribution in [2.24, 2.45) is 0 Å². The van der Waals surface area contributed by atoms with E-state index in [1.54, 1.807) is 26.0 Å². The van der Waals surface area contributed by atoms with E-state index < -0.39 is 36.5 Å². The van der Waals surface area contributed by atoms with Crippen molar-refractivity contribution in [1.82, 2.24) is 15.3 Å². The Kier molecular flexibility index (Phi) is 6.68. The fourth-order valence-corrected chi connectivity index (χ4v) is 2.39. The molecule has 1 atom stereocenters. The lowest BCUT2D eigenvalue weighted by molar-refractivity contribution is -0.290. The normalized spacial score (nSPS) is 12.9. The zero-order valence-corrected chi connectivity index (χ0v) is 16.2. The van der Waals surface area contributed by atoms with E-state index in [1.165, 1.54) is 13.0 Å². The van der Waals surface area contributed by atoms with Crippen LogP contribution in [0.15, 0.2) is 24.3 Å². The first-order valence-electron chi connectivity index (χ1n) is 8.62. The van der Waals surface area contributed by atoms with Gasteiger partial charge in [-0.1, -0.05) is 0 Å². The highest BCUT2D eigenvalue weighted by Crippen LogP contribution is 2.35. The summed E-state index contributed by atoms with van der Waals surface area (Å²) in [6.45, 7) is 2.77. The second-order valence-corrected chi connectivity index (χ2v) is 6.53. The maximum absolute atomic E-state index is 12.9. The number of hydrogen-bond acceptors (Lipinski definition) is 4. The summed E-state index contributed by atoms with van der Waals surface area (Å²) in [4.78, 5) is 30.0. The number of aryl methyl sites for hydroxylation is 1. The van der Waals surface area contributed by atoms with E-state index in [0.29, 0.717) is 17.1 Å². The molecule has 0 aliphatic carbocycles. The minimum atomic E-state index is -5.74. The summed E-state index contributed by atoms with van der Waals surface area (Å²) in [7, 11) is 0.